The summed E-state index contributed by atoms with van der Waals surface area (Å²) < 4.78 is 31.9. The number of aryl methyl sites for hydroxylation is 1. The average Bonchev–Trinajstić information content (AvgIpc) is 2.41. The van der Waals surface area contributed by atoms with Crippen LogP contribution in [0.3, 0.4) is 0 Å². The molecule has 0 spiro atoms. The first-order valence-corrected chi connectivity index (χ1v) is 6.11. The van der Waals surface area contributed by atoms with Crippen molar-refractivity contribution in [2.75, 3.05) is 6.54 Å². The maximum Gasteiger partial charge on any atom is 0.168 e. The van der Waals surface area contributed by atoms with Crippen LogP contribution >= 0.6 is 0 Å². The van der Waals surface area contributed by atoms with Gasteiger partial charge in [0.2, 0.25) is 0 Å². The topological polar surface area (TPSA) is 35.2 Å². The van der Waals surface area contributed by atoms with E-state index in [1.165, 1.54) is 12.1 Å². The third-order valence-electron chi connectivity index (χ3n) is 2.74. The molecule has 0 aliphatic heterocycles. The Balaban J connectivity index is 2.22. The van der Waals surface area contributed by atoms with Crippen LogP contribution in [0.2, 0.25) is 0 Å². The fourth-order valence-corrected chi connectivity index (χ4v) is 1.78. The maximum atomic E-state index is 13.5. The van der Waals surface area contributed by atoms with E-state index in [4.69, 9.17) is 10.5 Å². The number of hydrogen-bond donors (Lipinski definition) is 1. The molecule has 0 aromatic heterocycles. The standard InChI is InChI=1S/C15H15F2NO/c16-12-7-8-15(13(17)10-12)19-14-6-2-1-4-11(14)5-3-9-18/h1-2,4,6-8,10H,3,5,9,18H2. The Hall–Kier alpha value is -1.94. The second-order valence-electron chi connectivity index (χ2n) is 4.18. The van der Waals surface area contributed by atoms with Crippen LogP contribution in [0.4, 0.5) is 8.78 Å². The highest BCUT2D eigenvalue weighted by molar-refractivity contribution is 5.38. The molecular formula is C15H15F2NO. The van der Waals surface area contributed by atoms with Gasteiger partial charge in [-0.3, -0.25) is 0 Å². The minimum absolute atomic E-state index is 0.0154. The Bertz CT molecular complexity index is 558. The van der Waals surface area contributed by atoms with Gasteiger partial charge in [-0.25, -0.2) is 8.78 Å². The fourth-order valence-electron chi connectivity index (χ4n) is 1.78. The molecule has 0 saturated carbocycles. The van der Waals surface area contributed by atoms with Gasteiger partial charge in [0, 0.05) is 6.07 Å². The molecule has 0 unspecified atom stereocenters. The van der Waals surface area contributed by atoms with E-state index in [1.54, 1.807) is 6.07 Å². The van der Waals surface area contributed by atoms with Gasteiger partial charge in [-0.15, -0.1) is 0 Å². The van der Waals surface area contributed by atoms with E-state index >= 15 is 0 Å². The van der Waals surface area contributed by atoms with Crippen LogP contribution in [-0.4, -0.2) is 6.54 Å². The molecule has 0 fully saturated rings. The molecular weight excluding hydrogens is 248 g/mol. The average molecular weight is 263 g/mol. The van der Waals surface area contributed by atoms with E-state index in [0.29, 0.717) is 12.3 Å². The van der Waals surface area contributed by atoms with Gasteiger partial charge < -0.3 is 10.5 Å². The van der Waals surface area contributed by atoms with E-state index < -0.39 is 11.6 Å². The first-order chi connectivity index (χ1) is 9.20. The van der Waals surface area contributed by atoms with Crippen molar-refractivity contribution in [1.82, 2.24) is 0 Å². The lowest BCUT2D eigenvalue weighted by molar-refractivity contribution is 0.433. The van der Waals surface area contributed by atoms with Gasteiger partial charge >= 0.3 is 0 Å². The third kappa shape index (κ3) is 3.51. The summed E-state index contributed by atoms with van der Waals surface area (Å²) >= 11 is 0. The van der Waals surface area contributed by atoms with Crippen LogP contribution < -0.4 is 10.5 Å². The van der Waals surface area contributed by atoms with Crippen LogP contribution in [0.1, 0.15) is 12.0 Å². The summed E-state index contributed by atoms with van der Waals surface area (Å²) in [6, 6.07) is 10.6. The molecule has 0 heterocycles. The fraction of sp³-hybridized carbons (Fsp3) is 0.200. The lowest BCUT2D eigenvalue weighted by atomic mass is 10.1. The van der Waals surface area contributed by atoms with Gasteiger partial charge in [0.05, 0.1) is 0 Å². The lowest BCUT2D eigenvalue weighted by Gasteiger charge is -2.11. The summed E-state index contributed by atoms with van der Waals surface area (Å²) in [5.74, 6) is -0.752. The summed E-state index contributed by atoms with van der Waals surface area (Å²) in [5.41, 5.74) is 6.43. The van der Waals surface area contributed by atoms with Crippen molar-refractivity contribution in [3.8, 4) is 11.5 Å². The molecule has 19 heavy (non-hydrogen) atoms. The van der Waals surface area contributed by atoms with Crippen molar-refractivity contribution in [3.05, 3.63) is 59.7 Å². The molecule has 0 saturated heterocycles. The number of hydrogen-bond acceptors (Lipinski definition) is 2. The van der Waals surface area contributed by atoms with Gasteiger partial charge in [0.25, 0.3) is 0 Å². The van der Waals surface area contributed by atoms with E-state index in [-0.39, 0.29) is 5.75 Å². The first kappa shape index (κ1) is 13.5. The van der Waals surface area contributed by atoms with E-state index in [2.05, 4.69) is 0 Å². The molecule has 2 aromatic rings. The van der Waals surface area contributed by atoms with Crippen LogP contribution in [0.5, 0.6) is 11.5 Å². The number of nitrogens with two attached hydrogens (primary N) is 1. The van der Waals surface area contributed by atoms with Crippen LogP contribution in [0, 0.1) is 11.6 Å². The Morgan fingerprint density at radius 3 is 2.53 bits per heavy atom. The number of rotatable bonds is 5. The summed E-state index contributed by atoms with van der Waals surface area (Å²) in [4.78, 5) is 0. The van der Waals surface area contributed by atoms with E-state index in [9.17, 15) is 8.78 Å². The molecule has 0 aliphatic rings. The predicted molar refractivity (Wildman–Crippen MR) is 70.2 cm³/mol. The first-order valence-electron chi connectivity index (χ1n) is 6.11. The van der Waals surface area contributed by atoms with Gasteiger partial charge in [-0.05, 0) is 43.1 Å². The number of benzene rings is 2. The summed E-state index contributed by atoms with van der Waals surface area (Å²) in [7, 11) is 0. The van der Waals surface area contributed by atoms with Crippen molar-refractivity contribution in [2.24, 2.45) is 5.73 Å². The normalized spacial score (nSPS) is 10.5. The molecule has 0 atom stereocenters. The molecule has 2 N–H and O–H groups in total. The minimum Gasteiger partial charge on any atom is -0.454 e. The monoisotopic (exact) mass is 263 g/mol. The molecule has 2 nitrogen and oxygen atoms in total. The summed E-state index contributed by atoms with van der Waals surface area (Å²) in [6.45, 7) is 0.583. The number of halogens is 2. The quantitative estimate of drug-likeness (QED) is 0.893. The zero-order valence-electron chi connectivity index (χ0n) is 10.4. The Morgan fingerprint density at radius 2 is 1.79 bits per heavy atom. The van der Waals surface area contributed by atoms with Crippen LogP contribution in [0.25, 0.3) is 0 Å². The van der Waals surface area contributed by atoms with Crippen molar-refractivity contribution >= 4 is 0 Å². The molecule has 100 valence electrons. The molecule has 0 radical (unpaired) electrons. The van der Waals surface area contributed by atoms with Crippen LogP contribution in [-0.2, 0) is 6.42 Å². The Labute approximate surface area is 110 Å². The number of ether oxygens (including phenoxy) is 1. The molecule has 2 rings (SSSR count). The zero-order chi connectivity index (χ0) is 13.7. The highest BCUT2D eigenvalue weighted by Crippen LogP contribution is 2.28. The van der Waals surface area contributed by atoms with Crippen molar-refractivity contribution in [3.63, 3.8) is 0 Å². The van der Waals surface area contributed by atoms with E-state index in [1.807, 2.05) is 18.2 Å². The second-order valence-corrected chi connectivity index (χ2v) is 4.18. The lowest BCUT2D eigenvalue weighted by Crippen LogP contribution is -2.01. The highest BCUT2D eigenvalue weighted by Gasteiger charge is 2.09. The van der Waals surface area contributed by atoms with Gasteiger partial charge in [0.1, 0.15) is 11.6 Å². The number of para-hydroxylation sites is 1. The maximum absolute atomic E-state index is 13.5. The third-order valence-corrected chi connectivity index (χ3v) is 2.74. The molecule has 0 aliphatic carbocycles. The van der Waals surface area contributed by atoms with Crippen LogP contribution in [0.15, 0.2) is 42.5 Å². The largest absolute Gasteiger partial charge is 0.454 e. The predicted octanol–water partition coefficient (Wildman–Crippen LogP) is 3.65. The Kier molecular flexibility index (Phi) is 4.47. The van der Waals surface area contributed by atoms with Gasteiger partial charge in [0.15, 0.2) is 11.6 Å². The smallest absolute Gasteiger partial charge is 0.168 e. The SMILES string of the molecule is NCCCc1ccccc1Oc1ccc(F)cc1F. The molecule has 0 amide bonds. The molecule has 2 aromatic carbocycles. The summed E-state index contributed by atoms with van der Waals surface area (Å²) in [5, 5.41) is 0. The van der Waals surface area contributed by atoms with Gasteiger partial charge in [-0.1, -0.05) is 18.2 Å². The van der Waals surface area contributed by atoms with Crippen molar-refractivity contribution in [1.29, 1.82) is 0 Å². The molecule has 0 bridgehead atoms. The second kappa shape index (κ2) is 6.29. The zero-order valence-corrected chi connectivity index (χ0v) is 10.4. The summed E-state index contributed by atoms with van der Waals surface area (Å²) in [6.07, 6.45) is 1.59. The van der Waals surface area contributed by atoms with Crippen molar-refractivity contribution < 1.29 is 13.5 Å². The van der Waals surface area contributed by atoms with Crippen molar-refractivity contribution in [2.45, 2.75) is 12.8 Å². The van der Waals surface area contributed by atoms with Gasteiger partial charge in [-0.2, -0.15) is 0 Å². The highest BCUT2D eigenvalue weighted by atomic mass is 19.1. The Morgan fingerprint density at radius 1 is 1.00 bits per heavy atom. The van der Waals surface area contributed by atoms with E-state index in [0.717, 1.165) is 24.5 Å². The molecule has 4 heteroatoms. The minimum atomic E-state index is -0.714.